The lowest BCUT2D eigenvalue weighted by atomic mass is 10.0. The number of H-pyrrole nitrogens is 1. The van der Waals surface area contributed by atoms with Crippen molar-refractivity contribution in [2.45, 2.75) is 19.4 Å². The molecule has 1 fully saturated rings. The van der Waals surface area contributed by atoms with Crippen LogP contribution in [0.3, 0.4) is 0 Å². The number of nitrogens with zero attached hydrogens (tertiary/aromatic N) is 2. The summed E-state index contributed by atoms with van der Waals surface area (Å²) >= 11 is 0. The fraction of sp³-hybridized carbons (Fsp3) is 0.500. The largest absolute Gasteiger partial charge is 0.409 e. The third kappa shape index (κ3) is 2.28. The first-order chi connectivity index (χ1) is 8.63. The van der Waals surface area contributed by atoms with Gasteiger partial charge in [-0.05, 0) is 13.3 Å². The van der Waals surface area contributed by atoms with Crippen LogP contribution in [0.2, 0.25) is 0 Å². The van der Waals surface area contributed by atoms with Gasteiger partial charge in [-0.2, -0.15) is 5.10 Å². The van der Waals surface area contributed by atoms with Gasteiger partial charge in [-0.1, -0.05) is 5.16 Å². The monoisotopic (exact) mass is 253 g/mol. The van der Waals surface area contributed by atoms with E-state index in [2.05, 4.69) is 20.7 Å². The molecule has 98 valence electrons. The Hall–Kier alpha value is -2.09. The third-order valence-corrected chi connectivity index (χ3v) is 2.98. The summed E-state index contributed by atoms with van der Waals surface area (Å²) in [4.78, 5) is 12.0. The molecule has 0 aromatic carbocycles. The van der Waals surface area contributed by atoms with Gasteiger partial charge in [-0.25, -0.2) is 0 Å². The lowest BCUT2D eigenvalue weighted by molar-refractivity contribution is -0.121. The van der Waals surface area contributed by atoms with E-state index in [1.165, 1.54) is 6.20 Å². The number of aromatic nitrogens is 2. The van der Waals surface area contributed by atoms with Crippen LogP contribution in [0.25, 0.3) is 0 Å². The Morgan fingerprint density at radius 1 is 1.78 bits per heavy atom. The number of ether oxygens (including phenoxy) is 1. The lowest BCUT2D eigenvalue weighted by Gasteiger charge is -2.13. The highest BCUT2D eigenvalue weighted by Crippen LogP contribution is 2.22. The Labute approximate surface area is 103 Å². The van der Waals surface area contributed by atoms with Crippen LogP contribution in [-0.2, 0) is 9.53 Å². The zero-order valence-electron chi connectivity index (χ0n) is 9.88. The van der Waals surface area contributed by atoms with Crippen LogP contribution in [0.1, 0.15) is 18.9 Å². The predicted octanol–water partition coefficient (Wildman–Crippen LogP) is -0.132. The zero-order chi connectivity index (χ0) is 13.1. The van der Waals surface area contributed by atoms with Crippen molar-refractivity contribution < 1.29 is 14.7 Å². The van der Waals surface area contributed by atoms with Gasteiger partial charge in [0.05, 0.1) is 23.8 Å². The summed E-state index contributed by atoms with van der Waals surface area (Å²) in [7, 11) is 0. The molecule has 1 aromatic rings. The second-order valence-corrected chi connectivity index (χ2v) is 4.10. The van der Waals surface area contributed by atoms with Gasteiger partial charge in [0, 0.05) is 6.61 Å². The van der Waals surface area contributed by atoms with Crippen LogP contribution in [0.5, 0.6) is 0 Å². The van der Waals surface area contributed by atoms with Crippen molar-refractivity contribution in [2.24, 2.45) is 16.8 Å². The fourth-order valence-electron chi connectivity index (χ4n) is 1.92. The summed E-state index contributed by atoms with van der Waals surface area (Å²) in [6.45, 7) is 2.43. The van der Waals surface area contributed by atoms with Crippen LogP contribution in [-0.4, -0.2) is 39.9 Å². The second kappa shape index (κ2) is 5.05. The number of carbonyl (C=O) groups is 1. The smallest absolute Gasteiger partial charge is 0.231 e. The molecule has 0 spiro atoms. The quantitative estimate of drug-likeness (QED) is 0.258. The van der Waals surface area contributed by atoms with E-state index in [9.17, 15) is 4.79 Å². The minimum absolute atomic E-state index is 0.111. The Kier molecular flexibility index (Phi) is 3.47. The molecule has 8 nitrogen and oxygen atoms in total. The highest BCUT2D eigenvalue weighted by atomic mass is 16.5. The van der Waals surface area contributed by atoms with E-state index in [4.69, 9.17) is 15.7 Å². The number of nitrogens with one attached hydrogen (secondary N) is 2. The zero-order valence-corrected chi connectivity index (χ0v) is 9.88. The number of amidine groups is 1. The molecule has 1 saturated heterocycles. The molecule has 0 aliphatic carbocycles. The number of aromatic amines is 1. The predicted molar refractivity (Wildman–Crippen MR) is 63.2 cm³/mol. The summed E-state index contributed by atoms with van der Waals surface area (Å²) < 4.78 is 5.33. The number of hydrogen-bond donors (Lipinski definition) is 4. The van der Waals surface area contributed by atoms with Crippen molar-refractivity contribution in [3.05, 3.63) is 11.8 Å². The Bertz CT molecular complexity index is 470. The third-order valence-electron chi connectivity index (χ3n) is 2.98. The molecule has 0 bridgehead atoms. The molecule has 5 N–H and O–H groups in total. The molecule has 1 aliphatic heterocycles. The van der Waals surface area contributed by atoms with E-state index < -0.39 is 0 Å². The molecule has 2 rings (SSSR count). The second-order valence-electron chi connectivity index (χ2n) is 4.10. The average Bonchev–Trinajstić information content (AvgIpc) is 2.97. The van der Waals surface area contributed by atoms with Crippen LogP contribution in [0, 0.1) is 5.92 Å². The van der Waals surface area contributed by atoms with Gasteiger partial charge in [-0.15, -0.1) is 0 Å². The minimum atomic E-state index is -0.201. The van der Waals surface area contributed by atoms with Crippen molar-refractivity contribution >= 4 is 17.6 Å². The number of rotatable bonds is 3. The normalized spacial score (nSPS) is 24.2. The van der Waals surface area contributed by atoms with Crippen molar-refractivity contribution in [2.75, 3.05) is 11.9 Å². The van der Waals surface area contributed by atoms with Gasteiger partial charge in [0.15, 0.2) is 5.84 Å². The molecule has 18 heavy (non-hydrogen) atoms. The van der Waals surface area contributed by atoms with Gasteiger partial charge in [-0.3, -0.25) is 9.89 Å². The lowest BCUT2D eigenvalue weighted by Crippen LogP contribution is -2.29. The van der Waals surface area contributed by atoms with Crippen LogP contribution < -0.4 is 11.1 Å². The van der Waals surface area contributed by atoms with E-state index in [1.54, 1.807) is 0 Å². The topological polar surface area (TPSA) is 126 Å². The highest BCUT2D eigenvalue weighted by molar-refractivity contribution is 6.04. The maximum atomic E-state index is 12.0. The molecule has 0 saturated carbocycles. The van der Waals surface area contributed by atoms with Gasteiger partial charge in [0.1, 0.15) is 5.82 Å². The van der Waals surface area contributed by atoms with Gasteiger partial charge < -0.3 is 21.0 Å². The summed E-state index contributed by atoms with van der Waals surface area (Å²) in [5.74, 6) is -0.172. The van der Waals surface area contributed by atoms with Crippen LogP contribution in [0.4, 0.5) is 5.82 Å². The Morgan fingerprint density at radius 3 is 3.17 bits per heavy atom. The molecule has 1 aliphatic rings. The molecule has 2 unspecified atom stereocenters. The number of nitrogens with two attached hydrogens (primary N) is 1. The van der Waals surface area contributed by atoms with E-state index in [0.717, 1.165) is 0 Å². The van der Waals surface area contributed by atoms with E-state index in [0.29, 0.717) is 24.4 Å². The maximum absolute atomic E-state index is 12.0. The van der Waals surface area contributed by atoms with E-state index in [1.807, 2.05) is 6.92 Å². The molecule has 2 heterocycles. The number of anilines is 1. The Morgan fingerprint density at radius 2 is 2.56 bits per heavy atom. The fourth-order valence-corrected chi connectivity index (χ4v) is 1.92. The average molecular weight is 253 g/mol. The standard InChI is InChI=1S/C10H15N5O3/c1-5-6(2-3-18-5)10(16)13-9-7(4-12-14-9)8(11)15-17/h4-6,17H,2-3H2,1H3,(H2,11,15)(H2,12,13,14,16). The van der Waals surface area contributed by atoms with Crippen molar-refractivity contribution in [1.29, 1.82) is 0 Å². The summed E-state index contributed by atoms with van der Waals surface area (Å²) in [5.41, 5.74) is 5.80. The molecule has 8 heteroatoms. The Balaban J connectivity index is 2.10. The first-order valence-corrected chi connectivity index (χ1v) is 5.57. The van der Waals surface area contributed by atoms with Gasteiger partial charge >= 0.3 is 0 Å². The van der Waals surface area contributed by atoms with Gasteiger partial charge in [0.2, 0.25) is 5.91 Å². The van der Waals surface area contributed by atoms with Crippen LogP contribution in [0.15, 0.2) is 11.4 Å². The maximum Gasteiger partial charge on any atom is 0.231 e. The first-order valence-electron chi connectivity index (χ1n) is 5.57. The first kappa shape index (κ1) is 12.4. The molecular formula is C10H15N5O3. The van der Waals surface area contributed by atoms with Crippen molar-refractivity contribution in [3.8, 4) is 0 Å². The van der Waals surface area contributed by atoms with E-state index >= 15 is 0 Å². The minimum Gasteiger partial charge on any atom is -0.409 e. The summed E-state index contributed by atoms with van der Waals surface area (Å²) in [6, 6.07) is 0. The van der Waals surface area contributed by atoms with Crippen molar-refractivity contribution in [1.82, 2.24) is 10.2 Å². The van der Waals surface area contributed by atoms with Gasteiger partial charge in [0.25, 0.3) is 0 Å². The molecule has 2 atom stereocenters. The molecule has 1 aromatic heterocycles. The number of amides is 1. The molecular weight excluding hydrogens is 238 g/mol. The summed E-state index contributed by atoms with van der Waals surface area (Å²) in [5, 5.41) is 20.5. The summed E-state index contributed by atoms with van der Waals surface area (Å²) in [6.07, 6.45) is 1.94. The molecule has 0 radical (unpaired) electrons. The molecule has 1 amide bonds. The number of oxime groups is 1. The number of hydrogen-bond acceptors (Lipinski definition) is 5. The number of carbonyl (C=O) groups excluding carboxylic acids is 1. The van der Waals surface area contributed by atoms with Crippen LogP contribution >= 0.6 is 0 Å². The highest BCUT2D eigenvalue weighted by Gasteiger charge is 2.31. The van der Waals surface area contributed by atoms with Crippen molar-refractivity contribution in [3.63, 3.8) is 0 Å². The SMILES string of the molecule is CC1OCCC1C(=O)Nc1[nH]ncc1C(N)=NO. The van der Waals surface area contributed by atoms with E-state index in [-0.39, 0.29) is 23.8 Å².